The van der Waals surface area contributed by atoms with Crippen LogP contribution in [0.1, 0.15) is 36.7 Å². The van der Waals surface area contributed by atoms with E-state index in [1.165, 1.54) is 24.3 Å². The minimum Gasteiger partial charge on any atom is -0.476 e. The van der Waals surface area contributed by atoms with Gasteiger partial charge in [0.1, 0.15) is 5.60 Å². The Labute approximate surface area is 110 Å². The Morgan fingerprint density at radius 1 is 1.11 bits per heavy atom. The van der Waals surface area contributed by atoms with Gasteiger partial charge in [-0.25, -0.2) is 9.59 Å². The van der Waals surface area contributed by atoms with Crippen molar-refractivity contribution in [1.29, 1.82) is 0 Å². The van der Waals surface area contributed by atoms with Gasteiger partial charge < -0.3 is 15.1 Å². The molecule has 0 spiro atoms. The summed E-state index contributed by atoms with van der Waals surface area (Å²) >= 11 is 0. The summed E-state index contributed by atoms with van der Waals surface area (Å²) < 4.78 is 5.16. The number of hydrogen-bond donors (Lipinski definition) is 2. The second kappa shape index (κ2) is 5.51. The fourth-order valence-corrected chi connectivity index (χ4v) is 1.33. The molecular formula is C13H15NO5. The number of ether oxygens (including phenoxy) is 1. The van der Waals surface area contributed by atoms with Crippen LogP contribution in [0.15, 0.2) is 29.4 Å². The molecule has 6 nitrogen and oxygen atoms in total. The molecule has 1 aromatic carbocycles. The van der Waals surface area contributed by atoms with Crippen molar-refractivity contribution in [3.63, 3.8) is 0 Å². The van der Waals surface area contributed by atoms with Gasteiger partial charge in [-0.05, 0) is 32.9 Å². The number of nitrogens with zero attached hydrogens (tertiary/aromatic N) is 1. The molecule has 1 rings (SSSR count). The van der Waals surface area contributed by atoms with Gasteiger partial charge >= 0.3 is 11.9 Å². The summed E-state index contributed by atoms with van der Waals surface area (Å²) in [4.78, 5) is 22.5. The molecule has 19 heavy (non-hydrogen) atoms. The number of rotatable bonds is 3. The van der Waals surface area contributed by atoms with E-state index in [1.54, 1.807) is 20.8 Å². The minimum atomic E-state index is -1.35. The van der Waals surface area contributed by atoms with Crippen LogP contribution in [-0.2, 0) is 9.53 Å². The molecule has 0 aliphatic carbocycles. The van der Waals surface area contributed by atoms with E-state index in [1.807, 2.05) is 0 Å². The Kier molecular flexibility index (Phi) is 4.26. The van der Waals surface area contributed by atoms with Crippen molar-refractivity contribution < 1.29 is 24.6 Å². The minimum absolute atomic E-state index is 0.197. The van der Waals surface area contributed by atoms with E-state index in [-0.39, 0.29) is 5.56 Å². The van der Waals surface area contributed by atoms with Crippen molar-refractivity contribution in [2.45, 2.75) is 26.4 Å². The smallest absolute Gasteiger partial charge is 0.358 e. The zero-order valence-corrected chi connectivity index (χ0v) is 10.9. The molecule has 0 radical (unpaired) electrons. The molecule has 0 heterocycles. The monoisotopic (exact) mass is 265 g/mol. The lowest BCUT2D eigenvalue weighted by atomic mass is 10.1. The third kappa shape index (κ3) is 4.09. The molecule has 0 aliphatic heterocycles. The topological polar surface area (TPSA) is 96.2 Å². The molecule has 2 N–H and O–H groups in total. The van der Waals surface area contributed by atoms with Crippen LogP contribution < -0.4 is 0 Å². The lowest BCUT2D eigenvalue weighted by Crippen LogP contribution is -2.24. The first kappa shape index (κ1) is 14.7. The molecule has 0 saturated carbocycles. The number of aliphatic carboxylic acids is 1. The van der Waals surface area contributed by atoms with Gasteiger partial charge in [0.2, 0.25) is 0 Å². The van der Waals surface area contributed by atoms with Crippen LogP contribution in [0.4, 0.5) is 0 Å². The van der Waals surface area contributed by atoms with Crippen LogP contribution in [0.2, 0.25) is 0 Å². The second-order valence-corrected chi connectivity index (χ2v) is 4.83. The molecule has 0 amide bonds. The van der Waals surface area contributed by atoms with E-state index in [4.69, 9.17) is 15.1 Å². The van der Waals surface area contributed by atoms with Gasteiger partial charge in [0.25, 0.3) is 0 Å². The van der Waals surface area contributed by atoms with Gasteiger partial charge in [-0.3, -0.25) is 0 Å². The van der Waals surface area contributed by atoms with Crippen molar-refractivity contribution in [1.82, 2.24) is 0 Å². The average molecular weight is 265 g/mol. The third-order valence-corrected chi connectivity index (χ3v) is 2.10. The summed E-state index contributed by atoms with van der Waals surface area (Å²) in [5.41, 5.74) is -0.603. The standard InChI is InChI=1S/C13H15NO5/c1-13(2,3)19-12(17)9-6-4-8(5-7-9)10(14-18)11(15)16/h4-7,18H,1-3H3,(H,15,16)/b14-10-. The number of oxime groups is 1. The fraction of sp³-hybridized carbons (Fsp3) is 0.308. The molecule has 0 bridgehead atoms. The summed E-state index contributed by atoms with van der Waals surface area (Å²) in [6.07, 6.45) is 0. The zero-order chi connectivity index (χ0) is 14.6. The molecule has 102 valence electrons. The van der Waals surface area contributed by atoms with E-state index in [0.29, 0.717) is 5.56 Å². The number of carbonyl (C=O) groups excluding carboxylic acids is 1. The zero-order valence-electron chi connectivity index (χ0n) is 10.9. The van der Waals surface area contributed by atoms with Gasteiger partial charge in [0.05, 0.1) is 5.56 Å². The van der Waals surface area contributed by atoms with Crippen LogP contribution >= 0.6 is 0 Å². The fourth-order valence-electron chi connectivity index (χ4n) is 1.33. The van der Waals surface area contributed by atoms with Gasteiger partial charge in [-0.2, -0.15) is 0 Å². The summed E-state index contributed by atoms with van der Waals surface area (Å²) in [5, 5.41) is 20.1. The normalized spacial score (nSPS) is 12.1. The molecule has 0 atom stereocenters. The van der Waals surface area contributed by atoms with Crippen LogP contribution in [0.3, 0.4) is 0 Å². The maximum absolute atomic E-state index is 11.7. The first-order valence-electron chi connectivity index (χ1n) is 5.54. The highest BCUT2D eigenvalue weighted by Crippen LogP contribution is 2.13. The van der Waals surface area contributed by atoms with Crippen molar-refractivity contribution >= 4 is 17.7 Å². The molecule has 0 aliphatic rings. The predicted octanol–water partition coefficient (Wildman–Crippen LogP) is 1.90. The Morgan fingerprint density at radius 2 is 1.58 bits per heavy atom. The van der Waals surface area contributed by atoms with Gasteiger partial charge in [-0.1, -0.05) is 17.3 Å². The maximum atomic E-state index is 11.7. The van der Waals surface area contributed by atoms with Gasteiger partial charge in [0.15, 0.2) is 5.71 Å². The maximum Gasteiger partial charge on any atom is 0.358 e. The molecule has 0 fully saturated rings. The third-order valence-electron chi connectivity index (χ3n) is 2.10. The summed E-state index contributed by atoms with van der Waals surface area (Å²) in [5.74, 6) is -1.86. The van der Waals surface area contributed by atoms with Crippen LogP contribution in [-0.4, -0.2) is 33.6 Å². The van der Waals surface area contributed by atoms with E-state index in [0.717, 1.165) is 0 Å². The Morgan fingerprint density at radius 3 is 1.95 bits per heavy atom. The lowest BCUT2D eigenvalue weighted by Gasteiger charge is -2.19. The number of benzene rings is 1. The molecule has 1 aromatic rings. The molecule has 6 heteroatoms. The van der Waals surface area contributed by atoms with Gasteiger partial charge in [0, 0.05) is 5.56 Å². The summed E-state index contributed by atoms with van der Waals surface area (Å²) in [7, 11) is 0. The number of carboxylic acid groups (broad SMARTS) is 1. The lowest BCUT2D eigenvalue weighted by molar-refractivity contribution is -0.129. The van der Waals surface area contributed by atoms with Gasteiger partial charge in [-0.15, -0.1) is 0 Å². The first-order chi connectivity index (χ1) is 8.74. The second-order valence-electron chi connectivity index (χ2n) is 4.83. The summed E-state index contributed by atoms with van der Waals surface area (Å²) in [6, 6.07) is 5.58. The Hall–Kier alpha value is -2.37. The van der Waals surface area contributed by atoms with Crippen molar-refractivity contribution in [3.05, 3.63) is 35.4 Å². The molecular weight excluding hydrogens is 250 g/mol. The highest BCUT2D eigenvalue weighted by molar-refractivity contribution is 6.42. The quantitative estimate of drug-likeness (QED) is 0.376. The first-order valence-corrected chi connectivity index (χ1v) is 5.54. The number of hydrogen-bond acceptors (Lipinski definition) is 5. The average Bonchev–Trinajstić information content (AvgIpc) is 2.28. The highest BCUT2D eigenvalue weighted by Gasteiger charge is 2.19. The molecule has 0 unspecified atom stereocenters. The van der Waals surface area contributed by atoms with E-state index in [2.05, 4.69) is 5.16 Å². The van der Waals surface area contributed by atoms with Crippen LogP contribution in [0.25, 0.3) is 0 Å². The van der Waals surface area contributed by atoms with E-state index in [9.17, 15) is 9.59 Å². The Bertz CT molecular complexity index is 511. The number of esters is 1. The predicted molar refractivity (Wildman–Crippen MR) is 67.6 cm³/mol. The number of carboxylic acids is 1. The molecule has 0 saturated heterocycles. The van der Waals surface area contributed by atoms with E-state index >= 15 is 0 Å². The van der Waals surface area contributed by atoms with Crippen molar-refractivity contribution in [2.75, 3.05) is 0 Å². The Balaban J connectivity index is 2.94. The number of carbonyl (C=O) groups is 2. The van der Waals surface area contributed by atoms with E-state index < -0.39 is 23.3 Å². The SMILES string of the molecule is CC(C)(C)OC(=O)c1ccc(/C(=N/O)C(=O)O)cc1. The largest absolute Gasteiger partial charge is 0.476 e. The van der Waals surface area contributed by atoms with Crippen LogP contribution in [0, 0.1) is 0 Å². The molecule has 0 aromatic heterocycles. The van der Waals surface area contributed by atoms with Crippen LogP contribution in [0.5, 0.6) is 0 Å². The highest BCUT2D eigenvalue weighted by atomic mass is 16.6. The van der Waals surface area contributed by atoms with Crippen molar-refractivity contribution in [2.24, 2.45) is 5.16 Å². The van der Waals surface area contributed by atoms with Crippen molar-refractivity contribution in [3.8, 4) is 0 Å². The summed E-state index contributed by atoms with van der Waals surface area (Å²) in [6.45, 7) is 5.25.